The Kier molecular flexibility index (Phi) is 6.15. The summed E-state index contributed by atoms with van der Waals surface area (Å²) in [6.07, 6.45) is -2.88. The van der Waals surface area contributed by atoms with Crippen molar-refractivity contribution in [1.82, 2.24) is 10.3 Å². The highest BCUT2D eigenvalue weighted by molar-refractivity contribution is 7.09. The summed E-state index contributed by atoms with van der Waals surface area (Å²) in [7, 11) is 1.80. The molecule has 1 heterocycles. The molecule has 1 unspecified atom stereocenters. The van der Waals surface area contributed by atoms with E-state index in [1.54, 1.807) is 12.4 Å². The van der Waals surface area contributed by atoms with Gasteiger partial charge in [0, 0.05) is 11.4 Å². The number of alkyl halides is 4. The molecule has 0 saturated carbocycles. The molecule has 0 aromatic carbocycles. The van der Waals surface area contributed by atoms with Crippen LogP contribution in [0.3, 0.4) is 0 Å². The standard InChI is InChI=1S/C11H16F4N2OS/c1-3-7(16-2)8-5-19-9(17-8)4-18-6-11(14,15)10(12)13/h5,7,10,16H,3-4,6H2,1-2H3. The maximum atomic E-state index is 12.6. The molecule has 3 nitrogen and oxygen atoms in total. The van der Waals surface area contributed by atoms with Gasteiger partial charge in [-0.3, -0.25) is 0 Å². The number of thiazole rings is 1. The Bertz CT molecular complexity index is 383. The van der Waals surface area contributed by atoms with E-state index in [0.717, 1.165) is 12.1 Å². The van der Waals surface area contributed by atoms with E-state index < -0.39 is 19.0 Å². The van der Waals surface area contributed by atoms with Crippen molar-refractivity contribution in [3.05, 3.63) is 16.1 Å². The molecule has 110 valence electrons. The van der Waals surface area contributed by atoms with Crippen molar-refractivity contribution in [2.45, 2.75) is 38.3 Å². The average molecular weight is 300 g/mol. The fourth-order valence-corrected chi connectivity index (χ4v) is 2.23. The third kappa shape index (κ3) is 4.70. The molecular formula is C11H16F4N2OS. The van der Waals surface area contributed by atoms with Crippen LogP contribution in [-0.4, -0.2) is 31.0 Å². The third-order valence-corrected chi connectivity index (χ3v) is 3.36. The second kappa shape index (κ2) is 7.16. The van der Waals surface area contributed by atoms with Gasteiger partial charge in [-0.05, 0) is 13.5 Å². The van der Waals surface area contributed by atoms with Crippen LogP contribution in [0.4, 0.5) is 17.6 Å². The Morgan fingerprint density at radius 3 is 2.68 bits per heavy atom. The van der Waals surface area contributed by atoms with E-state index in [1.807, 2.05) is 6.92 Å². The second-order valence-electron chi connectivity index (χ2n) is 3.97. The number of rotatable bonds is 8. The molecule has 1 N–H and O–H groups in total. The van der Waals surface area contributed by atoms with Gasteiger partial charge in [0.05, 0.1) is 12.3 Å². The largest absolute Gasteiger partial charge is 0.368 e. The average Bonchev–Trinajstić information content (AvgIpc) is 2.79. The van der Waals surface area contributed by atoms with Crippen LogP contribution in [0.15, 0.2) is 5.38 Å². The highest BCUT2D eigenvalue weighted by Gasteiger charge is 2.40. The summed E-state index contributed by atoms with van der Waals surface area (Å²) in [5.41, 5.74) is 0.800. The van der Waals surface area contributed by atoms with Gasteiger partial charge in [0.25, 0.3) is 0 Å². The summed E-state index contributed by atoms with van der Waals surface area (Å²) >= 11 is 1.26. The minimum absolute atomic E-state index is 0.0903. The molecule has 0 aliphatic carbocycles. The molecule has 0 fully saturated rings. The zero-order chi connectivity index (χ0) is 14.5. The molecule has 0 aliphatic heterocycles. The number of nitrogens with zero attached hydrogens (tertiary/aromatic N) is 1. The molecule has 8 heteroatoms. The van der Waals surface area contributed by atoms with E-state index in [1.165, 1.54) is 11.3 Å². The molecule has 0 bridgehead atoms. The SMILES string of the molecule is CCC(NC)c1csc(COCC(F)(F)C(F)F)n1. The number of hydrogen-bond donors (Lipinski definition) is 1. The molecule has 0 amide bonds. The first-order valence-corrected chi connectivity index (χ1v) is 6.64. The first-order valence-electron chi connectivity index (χ1n) is 5.76. The Balaban J connectivity index is 2.47. The maximum Gasteiger partial charge on any atom is 0.330 e. The van der Waals surface area contributed by atoms with Crippen LogP contribution in [-0.2, 0) is 11.3 Å². The van der Waals surface area contributed by atoms with Gasteiger partial charge in [-0.2, -0.15) is 8.78 Å². The highest BCUT2D eigenvalue weighted by atomic mass is 32.1. The fraction of sp³-hybridized carbons (Fsp3) is 0.727. The van der Waals surface area contributed by atoms with Gasteiger partial charge in [-0.1, -0.05) is 6.92 Å². The van der Waals surface area contributed by atoms with Crippen molar-refractivity contribution < 1.29 is 22.3 Å². The van der Waals surface area contributed by atoms with Gasteiger partial charge in [0.1, 0.15) is 11.6 Å². The van der Waals surface area contributed by atoms with Crippen molar-refractivity contribution in [3.8, 4) is 0 Å². The van der Waals surface area contributed by atoms with Crippen LogP contribution < -0.4 is 5.32 Å². The van der Waals surface area contributed by atoms with E-state index in [-0.39, 0.29) is 12.6 Å². The molecule has 0 spiro atoms. The Labute approximate surface area is 113 Å². The predicted octanol–water partition coefficient (Wildman–Crippen LogP) is 3.23. The molecule has 1 aromatic heterocycles. The Morgan fingerprint density at radius 2 is 2.16 bits per heavy atom. The fourth-order valence-electron chi connectivity index (χ4n) is 1.45. The van der Waals surface area contributed by atoms with Gasteiger partial charge >= 0.3 is 12.3 Å². The molecule has 19 heavy (non-hydrogen) atoms. The van der Waals surface area contributed by atoms with Gasteiger partial charge in [0.15, 0.2) is 0 Å². The lowest BCUT2D eigenvalue weighted by atomic mass is 10.2. The van der Waals surface area contributed by atoms with E-state index in [0.29, 0.717) is 5.01 Å². The summed E-state index contributed by atoms with van der Waals surface area (Å²) in [6.45, 7) is 0.496. The van der Waals surface area contributed by atoms with Gasteiger partial charge in [-0.15, -0.1) is 11.3 Å². The van der Waals surface area contributed by atoms with Crippen LogP contribution in [0.2, 0.25) is 0 Å². The topological polar surface area (TPSA) is 34.1 Å². The highest BCUT2D eigenvalue weighted by Crippen LogP contribution is 2.24. The lowest BCUT2D eigenvalue weighted by Gasteiger charge is -2.14. The summed E-state index contributed by atoms with van der Waals surface area (Å²) < 4.78 is 53.6. The summed E-state index contributed by atoms with van der Waals surface area (Å²) in [5.74, 6) is -4.11. The van der Waals surface area contributed by atoms with Crippen LogP contribution >= 0.6 is 11.3 Å². The number of hydrogen-bond acceptors (Lipinski definition) is 4. The van der Waals surface area contributed by atoms with E-state index in [2.05, 4.69) is 15.0 Å². The normalized spacial score (nSPS) is 14.1. The smallest absolute Gasteiger partial charge is 0.330 e. The Morgan fingerprint density at radius 1 is 1.47 bits per heavy atom. The monoisotopic (exact) mass is 300 g/mol. The third-order valence-electron chi connectivity index (χ3n) is 2.52. The van der Waals surface area contributed by atoms with Crippen molar-refractivity contribution >= 4 is 11.3 Å². The van der Waals surface area contributed by atoms with Crippen molar-refractivity contribution in [2.24, 2.45) is 0 Å². The van der Waals surface area contributed by atoms with Crippen LogP contribution in [0.5, 0.6) is 0 Å². The number of ether oxygens (including phenoxy) is 1. The van der Waals surface area contributed by atoms with Crippen molar-refractivity contribution in [2.75, 3.05) is 13.7 Å². The summed E-state index contributed by atoms with van der Waals surface area (Å²) in [5, 5.41) is 5.36. The van der Waals surface area contributed by atoms with Crippen molar-refractivity contribution in [3.63, 3.8) is 0 Å². The number of nitrogens with one attached hydrogen (secondary N) is 1. The maximum absolute atomic E-state index is 12.6. The van der Waals surface area contributed by atoms with Gasteiger partial charge < -0.3 is 10.1 Å². The minimum atomic E-state index is -4.11. The van der Waals surface area contributed by atoms with Crippen molar-refractivity contribution in [1.29, 1.82) is 0 Å². The van der Waals surface area contributed by atoms with Gasteiger partial charge in [-0.25, -0.2) is 13.8 Å². The lowest BCUT2D eigenvalue weighted by Crippen LogP contribution is -2.32. The summed E-state index contributed by atoms with van der Waals surface area (Å²) in [6, 6.07) is 0.0903. The molecule has 0 saturated heterocycles. The van der Waals surface area contributed by atoms with Gasteiger partial charge in [0.2, 0.25) is 0 Å². The molecule has 0 aliphatic rings. The zero-order valence-electron chi connectivity index (χ0n) is 10.6. The summed E-state index contributed by atoms with van der Waals surface area (Å²) in [4.78, 5) is 4.22. The molecule has 1 aromatic rings. The quantitative estimate of drug-likeness (QED) is 0.748. The molecule has 1 rings (SSSR count). The number of aromatic nitrogens is 1. The molecular weight excluding hydrogens is 284 g/mol. The minimum Gasteiger partial charge on any atom is -0.368 e. The molecule has 0 radical (unpaired) electrons. The van der Waals surface area contributed by atoms with E-state index in [9.17, 15) is 17.6 Å². The van der Waals surface area contributed by atoms with Crippen LogP contribution in [0.1, 0.15) is 30.1 Å². The first kappa shape index (κ1) is 16.3. The number of halogens is 4. The Hall–Kier alpha value is -0.730. The van der Waals surface area contributed by atoms with E-state index in [4.69, 9.17) is 0 Å². The van der Waals surface area contributed by atoms with Crippen LogP contribution in [0.25, 0.3) is 0 Å². The van der Waals surface area contributed by atoms with Crippen LogP contribution in [0, 0.1) is 0 Å². The lowest BCUT2D eigenvalue weighted by molar-refractivity contribution is -0.168. The van der Waals surface area contributed by atoms with E-state index >= 15 is 0 Å². The zero-order valence-corrected chi connectivity index (χ0v) is 11.4. The second-order valence-corrected chi connectivity index (χ2v) is 4.91. The molecule has 1 atom stereocenters. The first-order chi connectivity index (χ1) is 8.90. The predicted molar refractivity (Wildman–Crippen MR) is 64.8 cm³/mol.